The smallest absolute Gasteiger partial charge is 0.261 e. The molecule has 3 aromatic rings. The van der Waals surface area contributed by atoms with Gasteiger partial charge in [0.15, 0.2) is 6.61 Å². The Balaban J connectivity index is 1.94. The van der Waals surface area contributed by atoms with E-state index in [1.807, 2.05) is 99.6 Å². The number of nitrogens with one attached hydrogen (secondary N) is 1. The van der Waals surface area contributed by atoms with Crippen molar-refractivity contribution < 1.29 is 14.3 Å². The molecule has 2 amide bonds. The van der Waals surface area contributed by atoms with E-state index >= 15 is 0 Å². The monoisotopic (exact) mass is 514 g/mol. The second-order valence-corrected chi connectivity index (χ2v) is 11.1. The first-order chi connectivity index (χ1) is 18.1. The molecule has 0 bridgehead atoms. The van der Waals surface area contributed by atoms with Gasteiger partial charge in [0.25, 0.3) is 5.91 Å². The van der Waals surface area contributed by atoms with Crippen LogP contribution in [0.1, 0.15) is 63.3 Å². The highest BCUT2D eigenvalue weighted by Gasteiger charge is 2.31. The van der Waals surface area contributed by atoms with Gasteiger partial charge in [0.05, 0.1) is 0 Å². The Bertz CT molecular complexity index is 1180. The molecule has 0 spiro atoms. The summed E-state index contributed by atoms with van der Waals surface area (Å²) in [6, 6.07) is 25.1. The molecule has 3 rings (SSSR count). The number of nitrogens with zero attached hydrogens (tertiary/aromatic N) is 1. The van der Waals surface area contributed by atoms with E-state index < -0.39 is 6.04 Å². The first-order valence-corrected chi connectivity index (χ1v) is 13.5. The van der Waals surface area contributed by atoms with Crippen molar-refractivity contribution in [3.63, 3.8) is 0 Å². The van der Waals surface area contributed by atoms with Gasteiger partial charge >= 0.3 is 0 Å². The second kappa shape index (κ2) is 13.3. The lowest BCUT2D eigenvalue weighted by atomic mass is 9.86. The van der Waals surface area contributed by atoms with Crippen LogP contribution < -0.4 is 10.1 Å². The van der Waals surface area contributed by atoms with Gasteiger partial charge in [-0.15, -0.1) is 0 Å². The first kappa shape index (κ1) is 29.0. The zero-order valence-electron chi connectivity index (χ0n) is 23.7. The average molecular weight is 515 g/mol. The fourth-order valence-electron chi connectivity index (χ4n) is 4.32. The van der Waals surface area contributed by atoms with Crippen LogP contribution in [0, 0.1) is 6.92 Å². The summed E-state index contributed by atoms with van der Waals surface area (Å²) in [5.74, 6) is 0.306. The minimum absolute atomic E-state index is 0.00649. The molecule has 0 unspecified atom stereocenters. The number of carbonyl (C=O) groups is 2. The van der Waals surface area contributed by atoms with Crippen molar-refractivity contribution >= 4 is 11.8 Å². The quantitative estimate of drug-likeness (QED) is 0.330. The number of hydrogen-bond acceptors (Lipinski definition) is 3. The van der Waals surface area contributed by atoms with Gasteiger partial charge in [-0.1, -0.05) is 106 Å². The molecular weight excluding hydrogens is 472 g/mol. The summed E-state index contributed by atoms with van der Waals surface area (Å²) < 4.78 is 6.12. The number of aryl methyl sites for hydroxylation is 1. The average Bonchev–Trinajstić information content (AvgIpc) is 2.90. The van der Waals surface area contributed by atoms with Crippen molar-refractivity contribution in [2.75, 3.05) is 6.61 Å². The molecule has 5 nitrogen and oxygen atoms in total. The summed E-state index contributed by atoms with van der Waals surface area (Å²) in [5.41, 5.74) is 4.01. The molecule has 2 atom stereocenters. The summed E-state index contributed by atoms with van der Waals surface area (Å²) in [5, 5.41) is 3.11. The molecule has 0 saturated carbocycles. The normalized spacial score (nSPS) is 12.9. The lowest BCUT2D eigenvalue weighted by Gasteiger charge is -2.32. The van der Waals surface area contributed by atoms with Gasteiger partial charge in [-0.05, 0) is 48.4 Å². The molecule has 0 aliphatic carbocycles. The highest BCUT2D eigenvalue weighted by atomic mass is 16.5. The lowest BCUT2D eigenvalue weighted by Crippen LogP contribution is -2.53. The predicted molar refractivity (Wildman–Crippen MR) is 154 cm³/mol. The first-order valence-electron chi connectivity index (χ1n) is 13.5. The molecule has 5 heteroatoms. The summed E-state index contributed by atoms with van der Waals surface area (Å²) in [4.78, 5) is 29.2. The Hall–Kier alpha value is -3.60. The maximum atomic E-state index is 13.9. The number of amides is 2. The zero-order valence-corrected chi connectivity index (χ0v) is 23.7. The summed E-state index contributed by atoms with van der Waals surface area (Å²) in [6.07, 6.45) is 1.22. The number of para-hydroxylation sites is 1. The van der Waals surface area contributed by atoms with Gasteiger partial charge in [-0.3, -0.25) is 9.59 Å². The van der Waals surface area contributed by atoms with Crippen LogP contribution in [0.3, 0.4) is 0 Å². The van der Waals surface area contributed by atoms with E-state index in [4.69, 9.17) is 4.74 Å². The molecule has 0 aliphatic rings. The van der Waals surface area contributed by atoms with Crippen LogP contribution in [-0.2, 0) is 28.0 Å². The van der Waals surface area contributed by atoms with Crippen LogP contribution in [0.4, 0.5) is 0 Å². The van der Waals surface area contributed by atoms with Crippen LogP contribution in [0.15, 0.2) is 78.9 Å². The van der Waals surface area contributed by atoms with Crippen LogP contribution in [0.25, 0.3) is 0 Å². The number of ether oxygens (including phenoxy) is 1. The molecule has 0 aliphatic heterocycles. The maximum absolute atomic E-state index is 13.9. The van der Waals surface area contributed by atoms with Crippen molar-refractivity contribution in [2.45, 2.75) is 78.4 Å². The maximum Gasteiger partial charge on any atom is 0.261 e. The van der Waals surface area contributed by atoms with Gasteiger partial charge in [-0.2, -0.15) is 0 Å². The lowest BCUT2D eigenvalue weighted by molar-refractivity contribution is -0.143. The highest BCUT2D eigenvalue weighted by molar-refractivity contribution is 5.88. The Kier molecular flexibility index (Phi) is 10.1. The fourth-order valence-corrected chi connectivity index (χ4v) is 4.32. The van der Waals surface area contributed by atoms with Crippen LogP contribution in [0.5, 0.6) is 5.75 Å². The molecule has 202 valence electrons. The van der Waals surface area contributed by atoms with Crippen molar-refractivity contribution in [2.24, 2.45) is 0 Å². The Morgan fingerprint density at radius 3 is 2.16 bits per heavy atom. The third-order valence-corrected chi connectivity index (χ3v) is 6.79. The van der Waals surface area contributed by atoms with Crippen molar-refractivity contribution in [1.82, 2.24) is 10.2 Å². The summed E-state index contributed by atoms with van der Waals surface area (Å²) >= 11 is 0. The molecule has 0 fully saturated rings. The van der Waals surface area contributed by atoms with Crippen molar-refractivity contribution in [1.29, 1.82) is 0 Å². The van der Waals surface area contributed by atoms with Crippen LogP contribution in [0.2, 0.25) is 0 Å². The SMILES string of the molecule is CC[C@H](C)NC(=O)[C@@H](Cc1ccccc1)N(Cc1ccc(C)cc1)C(=O)COc1ccccc1C(C)(C)C. The summed E-state index contributed by atoms with van der Waals surface area (Å²) in [7, 11) is 0. The minimum atomic E-state index is -0.679. The molecule has 3 aromatic carbocycles. The number of carbonyl (C=O) groups excluding carboxylic acids is 2. The topological polar surface area (TPSA) is 58.6 Å². The Morgan fingerprint density at radius 1 is 0.895 bits per heavy atom. The third kappa shape index (κ3) is 8.20. The zero-order chi connectivity index (χ0) is 27.7. The number of benzene rings is 3. The van der Waals surface area contributed by atoms with E-state index in [2.05, 4.69) is 26.1 Å². The van der Waals surface area contributed by atoms with E-state index in [9.17, 15) is 9.59 Å². The van der Waals surface area contributed by atoms with Crippen molar-refractivity contribution in [3.8, 4) is 5.75 Å². The van der Waals surface area contributed by atoms with Gasteiger partial charge in [0, 0.05) is 19.0 Å². The Labute approximate surface area is 228 Å². The standard InChI is InChI=1S/C33H42N2O3/c1-7-25(3)34-32(37)29(21-26-13-9-8-10-14-26)35(22-27-19-17-24(2)18-20-27)31(36)23-38-30-16-12-11-15-28(30)33(4,5)6/h8-20,25,29H,7,21-23H2,1-6H3,(H,34,37)/t25-,29+/m0/s1. The molecule has 0 radical (unpaired) electrons. The Morgan fingerprint density at radius 2 is 1.53 bits per heavy atom. The highest BCUT2D eigenvalue weighted by Crippen LogP contribution is 2.31. The minimum Gasteiger partial charge on any atom is -0.483 e. The van der Waals surface area contributed by atoms with E-state index in [0.717, 1.165) is 28.7 Å². The van der Waals surface area contributed by atoms with Crippen LogP contribution in [-0.4, -0.2) is 35.4 Å². The number of rotatable bonds is 11. The molecule has 0 heterocycles. The van der Waals surface area contributed by atoms with Crippen LogP contribution >= 0.6 is 0 Å². The number of hydrogen-bond donors (Lipinski definition) is 1. The van der Waals surface area contributed by atoms with Gasteiger partial charge < -0.3 is 15.0 Å². The third-order valence-electron chi connectivity index (χ3n) is 6.79. The molecular formula is C33H42N2O3. The van der Waals surface area contributed by atoms with E-state index in [1.165, 1.54) is 0 Å². The summed E-state index contributed by atoms with van der Waals surface area (Å²) in [6.45, 7) is 12.6. The van der Waals surface area contributed by atoms with Gasteiger partial charge in [-0.25, -0.2) is 0 Å². The molecule has 38 heavy (non-hydrogen) atoms. The van der Waals surface area contributed by atoms with Gasteiger partial charge in [0.2, 0.25) is 5.91 Å². The largest absolute Gasteiger partial charge is 0.483 e. The van der Waals surface area contributed by atoms with Crippen molar-refractivity contribution in [3.05, 3.63) is 101 Å². The molecule has 0 saturated heterocycles. The second-order valence-electron chi connectivity index (χ2n) is 11.1. The fraction of sp³-hybridized carbons (Fsp3) is 0.394. The van der Waals surface area contributed by atoms with E-state index in [0.29, 0.717) is 18.7 Å². The van der Waals surface area contributed by atoms with Gasteiger partial charge in [0.1, 0.15) is 11.8 Å². The molecule has 0 aromatic heterocycles. The van der Waals surface area contributed by atoms with E-state index in [1.54, 1.807) is 4.90 Å². The molecule has 1 N–H and O–H groups in total. The predicted octanol–water partition coefficient (Wildman–Crippen LogP) is 6.23. The van der Waals surface area contributed by atoms with E-state index in [-0.39, 0.29) is 29.9 Å².